The van der Waals surface area contributed by atoms with E-state index in [2.05, 4.69) is 11.4 Å². The van der Waals surface area contributed by atoms with Crippen molar-refractivity contribution in [2.45, 2.75) is 44.2 Å². The van der Waals surface area contributed by atoms with Crippen LogP contribution in [0.25, 0.3) is 0 Å². The number of rotatable bonds is 7. The van der Waals surface area contributed by atoms with E-state index in [1.807, 2.05) is 30.3 Å². The third-order valence-electron chi connectivity index (χ3n) is 4.97. The second-order valence-electron chi connectivity index (χ2n) is 7.18. The molecule has 1 saturated carbocycles. The number of hydrogen-bond donors (Lipinski definition) is 1. The highest BCUT2D eigenvalue weighted by atomic mass is 16.5. The number of amides is 1. The zero-order valence-electron chi connectivity index (χ0n) is 16.2. The van der Waals surface area contributed by atoms with Gasteiger partial charge in [0.2, 0.25) is 0 Å². The van der Waals surface area contributed by atoms with Crippen molar-refractivity contribution >= 4 is 11.9 Å². The SMILES string of the molecule is N#CC1(NC(=O)COC(=O)c2ccc(OCc3ccccc3)cc2)CCCCC1. The van der Waals surface area contributed by atoms with Gasteiger partial charge >= 0.3 is 5.97 Å². The first-order valence-corrected chi connectivity index (χ1v) is 9.76. The van der Waals surface area contributed by atoms with Gasteiger partial charge in [-0.25, -0.2) is 4.79 Å². The molecule has 0 atom stereocenters. The van der Waals surface area contributed by atoms with E-state index in [0.717, 1.165) is 24.8 Å². The van der Waals surface area contributed by atoms with E-state index in [-0.39, 0.29) is 0 Å². The molecule has 0 aliphatic heterocycles. The quantitative estimate of drug-likeness (QED) is 0.725. The van der Waals surface area contributed by atoms with Gasteiger partial charge in [-0.05, 0) is 42.7 Å². The Balaban J connectivity index is 1.46. The largest absolute Gasteiger partial charge is 0.489 e. The molecular formula is C23H24N2O4. The number of nitrogens with one attached hydrogen (secondary N) is 1. The Morgan fingerprint density at radius 1 is 1.00 bits per heavy atom. The second-order valence-corrected chi connectivity index (χ2v) is 7.18. The molecule has 1 aliphatic carbocycles. The molecular weight excluding hydrogens is 368 g/mol. The van der Waals surface area contributed by atoms with E-state index < -0.39 is 24.0 Å². The Kier molecular flexibility index (Phi) is 6.85. The van der Waals surface area contributed by atoms with Crippen LogP contribution < -0.4 is 10.1 Å². The number of nitriles is 1. The Labute approximate surface area is 170 Å². The maximum absolute atomic E-state index is 12.2. The van der Waals surface area contributed by atoms with Crippen molar-refractivity contribution in [1.29, 1.82) is 5.26 Å². The zero-order chi connectivity index (χ0) is 20.5. The van der Waals surface area contributed by atoms with Crippen LogP contribution in [0.3, 0.4) is 0 Å². The molecule has 2 aromatic carbocycles. The van der Waals surface area contributed by atoms with Crippen molar-refractivity contribution in [3.8, 4) is 11.8 Å². The molecule has 1 aliphatic rings. The van der Waals surface area contributed by atoms with Gasteiger partial charge in [0.15, 0.2) is 6.61 Å². The summed E-state index contributed by atoms with van der Waals surface area (Å²) in [5, 5.41) is 12.1. The first-order chi connectivity index (χ1) is 14.1. The predicted molar refractivity (Wildman–Crippen MR) is 107 cm³/mol. The smallest absolute Gasteiger partial charge is 0.338 e. The number of carbonyl (C=O) groups is 2. The normalized spacial score (nSPS) is 15.0. The van der Waals surface area contributed by atoms with Crippen LogP contribution >= 0.6 is 0 Å². The van der Waals surface area contributed by atoms with Gasteiger partial charge in [-0.3, -0.25) is 4.79 Å². The van der Waals surface area contributed by atoms with Crippen LogP contribution in [0.2, 0.25) is 0 Å². The summed E-state index contributed by atoms with van der Waals surface area (Å²) in [6.07, 6.45) is 4.15. The summed E-state index contributed by atoms with van der Waals surface area (Å²) < 4.78 is 10.8. The highest BCUT2D eigenvalue weighted by molar-refractivity contribution is 5.91. The van der Waals surface area contributed by atoms with E-state index in [1.165, 1.54) is 0 Å². The lowest BCUT2D eigenvalue weighted by molar-refractivity contribution is -0.125. The standard InChI is InChI=1S/C23H24N2O4/c24-17-23(13-5-2-6-14-23)25-21(26)16-29-22(27)19-9-11-20(12-10-19)28-15-18-7-3-1-4-8-18/h1,3-4,7-12H,2,5-6,13-16H2,(H,25,26). The van der Waals surface area contributed by atoms with E-state index in [9.17, 15) is 14.9 Å². The molecule has 150 valence electrons. The Bertz CT molecular complexity index is 866. The Morgan fingerprint density at radius 2 is 1.69 bits per heavy atom. The summed E-state index contributed by atoms with van der Waals surface area (Å²) in [6, 6.07) is 18.6. The van der Waals surface area contributed by atoms with Crippen molar-refractivity contribution in [1.82, 2.24) is 5.32 Å². The lowest BCUT2D eigenvalue weighted by Gasteiger charge is -2.31. The molecule has 1 N–H and O–H groups in total. The lowest BCUT2D eigenvalue weighted by atomic mass is 9.83. The van der Waals surface area contributed by atoms with Crippen LogP contribution in [-0.4, -0.2) is 24.0 Å². The van der Waals surface area contributed by atoms with Crippen molar-refractivity contribution in [2.24, 2.45) is 0 Å². The lowest BCUT2D eigenvalue weighted by Crippen LogP contribution is -2.50. The maximum Gasteiger partial charge on any atom is 0.338 e. The van der Waals surface area contributed by atoms with Crippen molar-refractivity contribution in [3.05, 3.63) is 65.7 Å². The maximum atomic E-state index is 12.2. The molecule has 1 fully saturated rings. The fourth-order valence-corrected chi connectivity index (χ4v) is 3.37. The highest BCUT2D eigenvalue weighted by Gasteiger charge is 2.33. The van der Waals surface area contributed by atoms with Crippen LogP contribution in [0.4, 0.5) is 0 Å². The molecule has 0 radical (unpaired) electrons. The van der Waals surface area contributed by atoms with Crippen molar-refractivity contribution in [2.75, 3.05) is 6.61 Å². The molecule has 0 heterocycles. The van der Waals surface area contributed by atoms with Gasteiger partial charge < -0.3 is 14.8 Å². The molecule has 29 heavy (non-hydrogen) atoms. The molecule has 0 saturated heterocycles. The number of benzene rings is 2. The molecule has 0 bridgehead atoms. The zero-order valence-corrected chi connectivity index (χ0v) is 16.2. The molecule has 2 aromatic rings. The summed E-state index contributed by atoms with van der Waals surface area (Å²) in [4.78, 5) is 24.3. The van der Waals surface area contributed by atoms with E-state index in [1.54, 1.807) is 24.3 Å². The van der Waals surface area contributed by atoms with Crippen molar-refractivity contribution in [3.63, 3.8) is 0 Å². The second kappa shape index (κ2) is 9.74. The van der Waals surface area contributed by atoms with E-state index >= 15 is 0 Å². The first-order valence-electron chi connectivity index (χ1n) is 9.76. The fraction of sp³-hybridized carbons (Fsp3) is 0.348. The first kappa shape index (κ1) is 20.4. The van der Waals surface area contributed by atoms with Crippen molar-refractivity contribution < 1.29 is 19.1 Å². The van der Waals surface area contributed by atoms with Crippen LogP contribution in [0.1, 0.15) is 48.0 Å². The van der Waals surface area contributed by atoms with Crippen LogP contribution in [0, 0.1) is 11.3 Å². The van der Waals surface area contributed by atoms with Gasteiger partial charge in [0.1, 0.15) is 17.9 Å². The highest BCUT2D eigenvalue weighted by Crippen LogP contribution is 2.27. The minimum Gasteiger partial charge on any atom is -0.489 e. The molecule has 6 heteroatoms. The molecule has 0 spiro atoms. The van der Waals surface area contributed by atoms with Gasteiger partial charge in [-0.1, -0.05) is 49.6 Å². The van der Waals surface area contributed by atoms with Gasteiger partial charge in [-0.15, -0.1) is 0 Å². The Hall–Kier alpha value is -3.33. The van der Waals surface area contributed by atoms with Gasteiger partial charge in [0.25, 0.3) is 5.91 Å². The number of ether oxygens (including phenoxy) is 2. The summed E-state index contributed by atoms with van der Waals surface area (Å²) in [6.45, 7) is 0.0277. The minimum absolute atomic E-state index is 0.331. The number of esters is 1. The van der Waals surface area contributed by atoms with Gasteiger partial charge in [0, 0.05) is 0 Å². The van der Waals surface area contributed by atoms with Gasteiger partial charge in [-0.2, -0.15) is 5.26 Å². The van der Waals surface area contributed by atoms with Crippen LogP contribution in [-0.2, 0) is 16.1 Å². The molecule has 6 nitrogen and oxygen atoms in total. The molecule has 1 amide bonds. The number of hydrogen-bond acceptors (Lipinski definition) is 5. The van der Waals surface area contributed by atoms with Gasteiger partial charge in [0.05, 0.1) is 11.6 Å². The number of nitrogens with zero attached hydrogens (tertiary/aromatic N) is 1. The summed E-state index contributed by atoms with van der Waals surface area (Å²) >= 11 is 0. The third-order valence-corrected chi connectivity index (χ3v) is 4.97. The summed E-state index contributed by atoms with van der Waals surface area (Å²) in [5.74, 6) is -0.412. The monoisotopic (exact) mass is 392 g/mol. The van der Waals surface area contributed by atoms with Crippen LogP contribution in [0.5, 0.6) is 5.75 Å². The summed E-state index contributed by atoms with van der Waals surface area (Å²) in [5.41, 5.74) is 0.548. The third kappa shape index (κ3) is 5.82. The topological polar surface area (TPSA) is 88.4 Å². The molecule has 0 aromatic heterocycles. The number of carbonyl (C=O) groups excluding carboxylic acids is 2. The predicted octanol–water partition coefficient (Wildman–Crippen LogP) is 3.77. The van der Waals surface area contributed by atoms with E-state index in [0.29, 0.717) is 30.8 Å². The fourth-order valence-electron chi connectivity index (χ4n) is 3.37. The minimum atomic E-state index is -0.834. The van der Waals surface area contributed by atoms with E-state index in [4.69, 9.17) is 9.47 Å². The Morgan fingerprint density at radius 3 is 2.34 bits per heavy atom. The average Bonchev–Trinajstić information content (AvgIpc) is 2.78. The molecule has 0 unspecified atom stereocenters. The summed E-state index contributed by atoms with van der Waals surface area (Å²) in [7, 11) is 0. The average molecular weight is 392 g/mol. The van der Waals surface area contributed by atoms with Crippen LogP contribution in [0.15, 0.2) is 54.6 Å². The molecule has 3 rings (SSSR count).